The van der Waals surface area contributed by atoms with Crippen molar-refractivity contribution in [1.82, 2.24) is 0 Å². The Bertz CT molecular complexity index is 491. The molecular weight excluding hydrogens is 261 g/mol. The molecule has 0 aliphatic heterocycles. The van der Waals surface area contributed by atoms with Crippen molar-refractivity contribution >= 4 is 5.69 Å². The summed E-state index contributed by atoms with van der Waals surface area (Å²) in [5.41, 5.74) is -2.61. The molecule has 0 saturated carbocycles. The molecule has 19 heavy (non-hydrogen) atoms. The maximum absolute atomic E-state index is 12.7. The van der Waals surface area contributed by atoms with Crippen LogP contribution in [0.2, 0.25) is 0 Å². The number of anilines is 1. The van der Waals surface area contributed by atoms with Gasteiger partial charge in [0, 0.05) is 5.69 Å². The summed E-state index contributed by atoms with van der Waals surface area (Å²) in [6.07, 6.45) is -4.64. The lowest BCUT2D eigenvalue weighted by molar-refractivity contribution is -0.137. The first kappa shape index (κ1) is 15.3. The molecule has 104 valence electrons. The van der Waals surface area contributed by atoms with E-state index in [0.717, 1.165) is 12.1 Å². The molecule has 0 atom stereocenters. The fraction of sp³-hybridized carbons (Fsp3) is 0.417. The highest BCUT2D eigenvalue weighted by atomic mass is 19.4. The molecule has 0 bridgehead atoms. The van der Waals surface area contributed by atoms with Crippen molar-refractivity contribution in [1.29, 1.82) is 5.26 Å². The van der Waals surface area contributed by atoms with Gasteiger partial charge in [0.15, 0.2) is 0 Å². The third-order valence-electron chi connectivity index (χ3n) is 2.59. The zero-order chi connectivity index (χ0) is 14.7. The molecule has 0 spiro atoms. The van der Waals surface area contributed by atoms with E-state index in [2.05, 4.69) is 5.32 Å². The van der Waals surface area contributed by atoms with Gasteiger partial charge in [0.05, 0.1) is 35.9 Å². The van der Waals surface area contributed by atoms with Crippen LogP contribution in [0.15, 0.2) is 18.2 Å². The number of nitrogens with zero attached hydrogens (tertiary/aromatic N) is 1. The van der Waals surface area contributed by atoms with Gasteiger partial charge in [-0.15, -0.1) is 0 Å². The van der Waals surface area contributed by atoms with E-state index in [1.54, 1.807) is 0 Å². The van der Waals surface area contributed by atoms with Gasteiger partial charge in [-0.05, 0) is 25.1 Å². The number of nitrogens with one attached hydrogen (secondary N) is 1. The number of nitriles is 1. The average molecular weight is 274 g/mol. The predicted molar refractivity (Wildman–Crippen MR) is 62.4 cm³/mol. The molecule has 0 fully saturated rings. The van der Waals surface area contributed by atoms with Gasteiger partial charge >= 0.3 is 6.18 Å². The first-order valence-corrected chi connectivity index (χ1v) is 5.37. The van der Waals surface area contributed by atoms with Crippen LogP contribution >= 0.6 is 0 Å². The lowest BCUT2D eigenvalue weighted by Crippen LogP contribution is -2.42. The third kappa shape index (κ3) is 3.59. The van der Waals surface area contributed by atoms with Crippen molar-refractivity contribution in [2.24, 2.45) is 0 Å². The van der Waals surface area contributed by atoms with Crippen molar-refractivity contribution < 1.29 is 23.4 Å². The number of hydrogen-bond acceptors (Lipinski definition) is 4. The maximum Gasteiger partial charge on any atom is 0.417 e. The highest BCUT2D eigenvalue weighted by molar-refractivity contribution is 5.54. The Hall–Kier alpha value is -1.78. The largest absolute Gasteiger partial charge is 0.417 e. The minimum atomic E-state index is -4.64. The number of alkyl halides is 3. The fourth-order valence-electron chi connectivity index (χ4n) is 1.43. The Labute approximate surface area is 108 Å². The van der Waals surface area contributed by atoms with Gasteiger partial charge in [-0.3, -0.25) is 0 Å². The van der Waals surface area contributed by atoms with E-state index in [9.17, 15) is 13.2 Å². The summed E-state index contributed by atoms with van der Waals surface area (Å²) in [4.78, 5) is 0. The number of aliphatic hydroxyl groups is 2. The maximum atomic E-state index is 12.7. The first-order valence-electron chi connectivity index (χ1n) is 5.37. The second-order valence-electron chi connectivity index (χ2n) is 4.37. The van der Waals surface area contributed by atoms with E-state index >= 15 is 0 Å². The third-order valence-corrected chi connectivity index (χ3v) is 2.59. The molecule has 1 aromatic rings. The lowest BCUT2D eigenvalue weighted by atomic mass is 10.0. The number of halogens is 3. The lowest BCUT2D eigenvalue weighted by Gasteiger charge is -2.28. The Kier molecular flexibility index (Phi) is 4.39. The molecule has 1 aromatic carbocycles. The SMILES string of the molecule is CC(CO)(CO)Nc1ccc(C#N)c(C(F)(F)F)c1. The number of hydrogen-bond donors (Lipinski definition) is 3. The van der Waals surface area contributed by atoms with Crippen molar-refractivity contribution in [2.75, 3.05) is 18.5 Å². The van der Waals surface area contributed by atoms with Gasteiger partial charge < -0.3 is 15.5 Å². The molecule has 3 N–H and O–H groups in total. The van der Waals surface area contributed by atoms with E-state index in [4.69, 9.17) is 15.5 Å². The highest BCUT2D eigenvalue weighted by Crippen LogP contribution is 2.34. The van der Waals surface area contributed by atoms with Crippen LogP contribution in [0.4, 0.5) is 18.9 Å². The van der Waals surface area contributed by atoms with Crippen LogP contribution in [0.1, 0.15) is 18.1 Å². The Morgan fingerprint density at radius 2 is 1.84 bits per heavy atom. The molecule has 0 radical (unpaired) electrons. The van der Waals surface area contributed by atoms with Crippen LogP contribution in [0.3, 0.4) is 0 Å². The second kappa shape index (κ2) is 5.47. The van der Waals surface area contributed by atoms with E-state index in [0.29, 0.717) is 0 Å². The predicted octanol–water partition coefficient (Wildman–Crippen LogP) is 1.73. The van der Waals surface area contributed by atoms with E-state index in [1.807, 2.05) is 0 Å². The molecular formula is C12H13F3N2O2. The van der Waals surface area contributed by atoms with Crippen molar-refractivity contribution in [3.8, 4) is 6.07 Å². The molecule has 0 aromatic heterocycles. The van der Waals surface area contributed by atoms with Gasteiger partial charge in [0.25, 0.3) is 0 Å². The van der Waals surface area contributed by atoms with Crippen molar-refractivity contribution in [2.45, 2.75) is 18.6 Å². The summed E-state index contributed by atoms with van der Waals surface area (Å²) < 4.78 is 38.2. The number of aliphatic hydroxyl groups excluding tert-OH is 2. The summed E-state index contributed by atoms with van der Waals surface area (Å²) in [5, 5.41) is 29.4. The van der Waals surface area contributed by atoms with Crippen LogP contribution in [0, 0.1) is 11.3 Å². The molecule has 7 heteroatoms. The molecule has 4 nitrogen and oxygen atoms in total. The Balaban J connectivity index is 3.17. The van der Waals surface area contributed by atoms with E-state index in [1.165, 1.54) is 19.1 Å². The average Bonchev–Trinajstić information content (AvgIpc) is 2.37. The van der Waals surface area contributed by atoms with Crippen LogP contribution in [-0.4, -0.2) is 29.0 Å². The molecule has 0 aliphatic carbocycles. The summed E-state index contributed by atoms with van der Waals surface area (Å²) in [5.74, 6) is 0. The molecule has 0 amide bonds. The number of benzene rings is 1. The van der Waals surface area contributed by atoms with Crippen molar-refractivity contribution in [3.05, 3.63) is 29.3 Å². The van der Waals surface area contributed by atoms with Crippen molar-refractivity contribution in [3.63, 3.8) is 0 Å². The Morgan fingerprint density at radius 1 is 1.26 bits per heavy atom. The number of rotatable bonds is 4. The standard InChI is InChI=1S/C12H13F3N2O2/c1-11(6-18,7-19)17-9-3-2-8(5-16)10(4-9)12(13,14)15/h2-4,17-19H,6-7H2,1H3. The van der Waals surface area contributed by atoms with Gasteiger partial charge in [-0.25, -0.2) is 0 Å². The smallest absolute Gasteiger partial charge is 0.394 e. The minimum Gasteiger partial charge on any atom is -0.394 e. The quantitative estimate of drug-likeness (QED) is 0.781. The summed E-state index contributed by atoms with van der Waals surface area (Å²) in [6, 6.07) is 4.58. The van der Waals surface area contributed by atoms with Gasteiger partial charge in [0.1, 0.15) is 0 Å². The van der Waals surface area contributed by atoms with Crippen LogP contribution in [0.25, 0.3) is 0 Å². The normalized spacial score (nSPS) is 12.1. The van der Waals surface area contributed by atoms with Crippen LogP contribution in [-0.2, 0) is 6.18 Å². The van der Waals surface area contributed by atoms with E-state index in [-0.39, 0.29) is 5.69 Å². The summed E-state index contributed by atoms with van der Waals surface area (Å²) in [6.45, 7) is 0.550. The second-order valence-corrected chi connectivity index (χ2v) is 4.37. The van der Waals surface area contributed by atoms with Gasteiger partial charge in [0.2, 0.25) is 0 Å². The molecule has 0 saturated heterocycles. The fourth-order valence-corrected chi connectivity index (χ4v) is 1.43. The van der Waals surface area contributed by atoms with Gasteiger partial charge in [-0.2, -0.15) is 18.4 Å². The zero-order valence-corrected chi connectivity index (χ0v) is 10.1. The molecule has 1 rings (SSSR count). The topological polar surface area (TPSA) is 76.3 Å². The molecule has 0 aliphatic rings. The monoisotopic (exact) mass is 274 g/mol. The Morgan fingerprint density at radius 3 is 2.26 bits per heavy atom. The minimum absolute atomic E-state index is 0.0666. The summed E-state index contributed by atoms with van der Waals surface area (Å²) in [7, 11) is 0. The van der Waals surface area contributed by atoms with Gasteiger partial charge in [-0.1, -0.05) is 0 Å². The van der Waals surface area contributed by atoms with Crippen LogP contribution < -0.4 is 5.32 Å². The zero-order valence-electron chi connectivity index (χ0n) is 10.1. The highest BCUT2D eigenvalue weighted by Gasteiger charge is 2.34. The molecule has 0 heterocycles. The summed E-state index contributed by atoms with van der Waals surface area (Å²) >= 11 is 0. The van der Waals surface area contributed by atoms with Crippen LogP contribution in [0.5, 0.6) is 0 Å². The first-order chi connectivity index (χ1) is 8.75. The van der Waals surface area contributed by atoms with E-state index < -0.39 is 36.1 Å². The molecule has 0 unspecified atom stereocenters.